The van der Waals surface area contributed by atoms with Crippen LogP contribution in [0.3, 0.4) is 0 Å². The maximum absolute atomic E-state index is 12.5. The molecule has 0 atom stereocenters. The van der Waals surface area contributed by atoms with Gasteiger partial charge >= 0.3 is 0 Å². The molecule has 1 aromatic heterocycles. The Hall–Kier alpha value is -3.61. The van der Waals surface area contributed by atoms with E-state index in [-0.39, 0.29) is 5.91 Å². The number of nitrogens with one attached hydrogen (secondary N) is 2. The Bertz CT molecular complexity index is 957. The Morgan fingerprint density at radius 2 is 1.86 bits per heavy atom. The van der Waals surface area contributed by atoms with Crippen molar-refractivity contribution in [3.8, 4) is 5.75 Å². The molecule has 1 amide bonds. The number of amides is 1. The first-order chi connectivity index (χ1) is 14.0. The summed E-state index contributed by atoms with van der Waals surface area (Å²) in [5, 5.41) is 6.09. The van der Waals surface area contributed by atoms with E-state index in [1.807, 2.05) is 67.5 Å². The maximum atomic E-state index is 12.5. The SMILES string of the molecule is COc1cccc(CCNc2cc(C(=O)Nc3ccc(N(C)C)cc3)ncn2)c1. The van der Waals surface area contributed by atoms with Crippen LogP contribution in [0.1, 0.15) is 16.1 Å². The van der Waals surface area contributed by atoms with Gasteiger partial charge in [-0.05, 0) is 48.4 Å². The average Bonchev–Trinajstić information content (AvgIpc) is 2.74. The molecule has 7 heteroatoms. The second-order valence-corrected chi connectivity index (χ2v) is 6.71. The largest absolute Gasteiger partial charge is 0.497 e. The van der Waals surface area contributed by atoms with Crippen LogP contribution < -0.4 is 20.3 Å². The fourth-order valence-corrected chi connectivity index (χ4v) is 2.78. The van der Waals surface area contributed by atoms with Crippen LogP contribution in [-0.4, -0.2) is 43.6 Å². The molecule has 0 saturated heterocycles. The molecule has 29 heavy (non-hydrogen) atoms. The predicted octanol–water partition coefficient (Wildman–Crippen LogP) is 3.46. The molecule has 7 nitrogen and oxygen atoms in total. The van der Waals surface area contributed by atoms with Gasteiger partial charge in [-0.15, -0.1) is 0 Å². The number of benzene rings is 2. The first kappa shape index (κ1) is 20.1. The number of carbonyl (C=O) groups excluding carboxylic acids is 1. The summed E-state index contributed by atoms with van der Waals surface area (Å²) in [6, 6.07) is 17.2. The number of nitrogens with zero attached hydrogens (tertiary/aromatic N) is 3. The second kappa shape index (κ2) is 9.54. The van der Waals surface area contributed by atoms with Gasteiger partial charge in [-0.3, -0.25) is 4.79 Å². The summed E-state index contributed by atoms with van der Waals surface area (Å²) in [6.07, 6.45) is 2.19. The zero-order valence-corrected chi connectivity index (χ0v) is 16.8. The molecule has 3 rings (SSSR count). The summed E-state index contributed by atoms with van der Waals surface area (Å²) in [6.45, 7) is 0.678. The van der Waals surface area contributed by atoms with Crippen molar-refractivity contribution >= 4 is 23.1 Å². The number of rotatable bonds is 8. The molecule has 3 aromatic rings. The lowest BCUT2D eigenvalue weighted by Gasteiger charge is -2.13. The summed E-state index contributed by atoms with van der Waals surface area (Å²) in [5.41, 5.74) is 3.24. The maximum Gasteiger partial charge on any atom is 0.274 e. The van der Waals surface area contributed by atoms with Crippen molar-refractivity contribution in [2.24, 2.45) is 0 Å². The van der Waals surface area contributed by atoms with Gasteiger partial charge in [-0.1, -0.05) is 12.1 Å². The second-order valence-electron chi connectivity index (χ2n) is 6.71. The van der Waals surface area contributed by atoms with Gasteiger partial charge in [-0.25, -0.2) is 9.97 Å². The minimum atomic E-state index is -0.277. The minimum Gasteiger partial charge on any atom is -0.497 e. The zero-order valence-electron chi connectivity index (χ0n) is 16.8. The van der Waals surface area contributed by atoms with E-state index in [2.05, 4.69) is 20.6 Å². The van der Waals surface area contributed by atoms with E-state index in [9.17, 15) is 4.79 Å². The molecule has 0 fully saturated rings. The van der Waals surface area contributed by atoms with Crippen LogP contribution in [0.2, 0.25) is 0 Å². The zero-order chi connectivity index (χ0) is 20.6. The van der Waals surface area contributed by atoms with Crippen LogP contribution in [0.4, 0.5) is 17.2 Å². The van der Waals surface area contributed by atoms with Crippen molar-refractivity contribution in [1.82, 2.24) is 9.97 Å². The molecule has 150 valence electrons. The van der Waals surface area contributed by atoms with Gasteiger partial charge in [0.05, 0.1) is 7.11 Å². The normalized spacial score (nSPS) is 10.3. The van der Waals surface area contributed by atoms with E-state index in [0.717, 1.165) is 23.4 Å². The standard InChI is InChI=1S/C22H25N5O2/c1-27(2)18-9-7-17(8-10-18)26-22(28)20-14-21(25-15-24-20)23-12-11-16-5-4-6-19(13-16)29-3/h4-10,13-15H,11-12H2,1-3H3,(H,26,28)(H,23,24,25). The number of hydrogen-bond acceptors (Lipinski definition) is 6. The summed E-state index contributed by atoms with van der Waals surface area (Å²) in [7, 11) is 5.59. The molecule has 0 spiro atoms. The molecular weight excluding hydrogens is 366 g/mol. The van der Waals surface area contributed by atoms with Gasteiger partial charge in [-0.2, -0.15) is 0 Å². The molecular formula is C22H25N5O2. The Morgan fingerprint density at radius 1 is 1.07 bits per heavy atom. The highest BCUT2D eigenvalue weighted by Gasteiger charge is 2.09. The van der Waals surface area contributed by atoms with Crippen LogP contribution in [-0.2, 0) is 6.42 Å². The highest BCUT2D eigenvalue weighted by Crippen LogP contribution is 2.17. The van der Waals surface area contributed by atoms with Crippen molar-refractivity contribution in [3.05, 3.63) is 72.2 Å². The fraction of sp³-hybridized carbons (Fsp3) is 0.227. The van der Waals surface area contributed by atoms with Crippen molar-refractivity contribution in [1.29, 1.82) is 0 Å². The van der Waals surface area contributed by atoms with Crippen LogP contribution in [0, 0.1) is 0 Å². The molecule has 0 bridgehead atoms. The number of ether oxygens (including phenoxy) is 1. The van der Waals surface area contributed by atoms with Gasteiger partial charge < -0.3 is 20.3 Å². The molecule has 2 N–H and O–H groups in total. The van der Waals surface area contributed by atoms with Crippen molar-refractivity contribution in [3.63, 3.8) is 0 Å². The third kappa shape index (κ3) is 5.68. The summed E-state index contributed by atoms with van der Waals surface area (Å²) >= 11 is 0. The number of anilines is 3. The number of aromatic nitrogens is 2. The van der Waals surface area contributed by atoms with Gasteiger partial charge in [0.15, 0.2) is 0 Å². The highest BCUT2D eigenvalue weighted by atomic mass is 16.5. The van der Waals surface area contributed by atoms with Crippen LogP contribution in [0.25, 0.3) is 0 Å². The van der Waals surface area contributed by atoms with Gasteiger partial charge in [0.1, 0.15) is 23.6 Å². The van der Waals surface area contributed by atoms with E-state index < -0.39 is 0 Å². The van der Waals surface area contributed by atoms with Crippen molar-refractivity contribution in [2.75, 3.05) is 43.3 Å². The summed E-state index contributed by atoms with van der Waals surface area (Å²) in [4.78, 5) is 22.8. The highest BCUT2D eigenvalue weighted by molar-refractivity contribution is 6.03. The van der Waals surface area contributed by atoms with Crippen LogP contribution in [0.5, 0.6) is 5.75 Å². The van der Waals surface area contributed by atoms with E-state index in [1.54, 1.807) is 13.2 Å². The Kier molecular flexibility index (Phi) is 6.63. The molecule has 0 aliphatic rings. The summed E-state index contributed by atoms with van der Waals surface area (Å²) in [5.74, 6) is 1.17. The molecule has 0 aliphatic carbocycles. The predicted molar refractivity (Wildman–Crippen MR) is 116 cm³/mol. The van der Waals surface area contributed by atoms with Crippen LogP contribution >= 0.6 is 0 Å². The first-order valence-corrected chi connectivity index (χ1v) is 9.33. The molecule has 0 aliphatic heterocycles. The first-order valence-electron chi connectivity index (χ1n) is 9.33. The lowest BCUT2D eigenvalue weighted by molar-refractivity contribution is 0.102. The van der Waals surface area contributed by atoms with Gasteiger partial charge in [0.2, 0.25) is 0 Å². The van der Waals surface area contributed by atoms with E-state index in [0.29, 0.717) is 23.7 Å². The number of methoxy groups -OCH3 is 1. The Balaban J connectivity index is 1.57. The molecule has 1 heterocycles. The van der Waals surface area contributed by atoms with Gasteiger partial charge in [0, 0.05) is 38.1 Å². The monoisotopic (exact) mass is 391 g/mol. The third-order valence-corrected chi connectivity index (χ3v) is 4.40. The van der Waals surface area contributed by atoms with Gasteiger partial charge in [0.25, 0.3) is 5.91 Å². The lowest BCUT2D eigenvalue weighted by atomic mass is 10.1. The summed E-state index contributed by atoms with van der Waals surface area (Å²) < 4.78 is 5.24. The number of carbonyl (C=O) groups is 1. The Labute approximate surface area is 170 Å². The molecule has 0 saturated carbocycles. The minimum absolute atomic E-state index is 0.277. The fourth-order valence-electron chi connectivity index (χ4n) is 2.78. The van der Waals surface area contributed by atoms with Crippen molar-refractivity contribution in [2.45, 2.75) is 6.42 Å². The van der Waals surface area contributed by atoms with E-state index in [4.69, 9.17) is 4.74 Å². The quantitative estimate of drug-likeness (QED) is 0.612. The van der Waals surface area contributed by atoms with E-state index >= 15 is 0 Å². The average molecular weight is 391 g/mol. The topological polar surface area (TPSA) is 79.4 Å². The molecule has 0 unspecified atom stereocenters. The number of hydrogen-bond donors (Lipinski definition) is 2. The van der Waals surface area contributed by atoms with Crippen LogP contribution in [0.15, 0.2) is 60.9 Å². The lowest BCUT2D eigenvalue weighted by Crippen LogP contribution is -2.15. The van der Waals surface area contributed by atoms with Crippen molar-refractivity contribution < 1.29 is 9.53 Å². The Morgan fingerprint density at radius 3 is 2.59 bits per heavy atom. The third-order valence-electron chi connectivity index (χ3n) is 4.40. The van der Waals surface area contributed by atoms with E-state index in [1.165, 1.54) is 6.33 Å². The molecule has 2 aromatic carbocycles. The molecule has 0 radical (unpaired) electrons. The smallest absolute Gasteiger partial charge is 0.274 e.